The molecule has 0 aliphatic carbocycles. The summed E-state index contributed by atoms with van der Waals surface area (Å²) in [5.74, 6) is -0.990. The maximum Gasteiger partial charge on any atom is 0.294 e. The van der Waals surface area contributed by atoms with Gasteiger partial charge in [0.2, 0.25) is 0 Å². The minimum absolute atomic E-state index is 0.0666. The van der Waals surface area contributed by atoms with E-state index in [1.807, 2.05) is 106 Å². The van der Waals surface area contributed by atoms with E-state index in [0.717, 1.165) is 50.5 Å². The predicted molar refractivity (Wildman–Crippen MR) is 223 cm³/mol. The van der Waals surface area contributed by atoms with Gasteiger partial charge in [-0.05, 0) is 72.6 Å². The van der Waals surface area contributed by atoms with Crippen molar-refractivity contribution in [1.29, 1.82) is 0 Å². The average molecular weight is 806 g/mol. The molecule has 0 spiro atoms. The van der Waals surface area contributed by atoms with Crippen LogP contribution in [-0.4, -0.2) is 51.3 Å². The number of imidazole rings is 2. The first-order valence-electron chi connectivity index (χ1n) is 18.2. The molecule has 0 saturated heterocycles. The molecular weight excluding hydrogens is 767 g/mol. The molecular formula is C44H39N9O5S+2. The Morgan fingerprint density at radius 2 is 1.10 bits per heavy atom. The molecule has 0 bridgehead atoms. The Bertz CT molecular complexity index is 2810. The molecule has 0 fully saturated rings. The summed E-state index contributed by atoms with van der Waals surface area (Å²) >= 11 is 0. The smallest absolute Gasteiger partial charge is 0.282 e. The zero-order chi connectivity index (χ0) is 41.5. The summed E-state index contributed by atoms with van der Waals surface area (Å²) in [5.41, 5.74) is 14.4. The molecule has 14 nitrogen and oxygen atoms in total. The van der Waals surface area contributed by atoms with Crippen LogP contribution in [0.3, 0.4) is 0 Å². The van der Waals surface area contributed by atoms with Crippen molar-refractivity contribution in [2.75, 3.05) is 0 Å². The largest absolute Gasteiger partial charge is 0.294 e. The van der Waals surface area contributed by atoms with Crippen LogP contribution in [0.1, 0.15) is 37.4 Å². The Morgan fingerprint density at radius 3 is 1.51 bits per heavy atom. The Morgan fingerprint density at radius 1 is 0.661 bits per heavy atom. The number of aryl methyl sites for hydroxylation is 3. The fourth-order valence-corrected chi connectivity index (χ4v) is 6.72. The summed E-state index contributed by atoms with van der Waals surface area (Å²) in [5, 5.41) is 8.17. The quantitative estimate of drug-likeness (QED) is 0.0771. The second-order valence-corrected chi connectivity index (χ2v) is 14.9. The van der Waals surface area contributed by atoms with Crippen molar-refractivity contribution in [3.63, 3.8) is 0 Å². The van der Waals surface area contributed by atoms with E-state index in [1.165, 1.54) is 30.6 Å². The normalized spacial score (nSPS) is 11.5. The number of hydrazone groups is 2. The molecule has 15 heteroatoms. The van der Waals surface area contributed by atoms with Gasteiger partial charge in [0.1, 0.15) is 12.4 Å². The summed E-state index contributed by atoms with van der Waals surface area (Å²) in [4.78, 5) is 29.5. The molecule has 5 heterocycles. The fourth-order valence-electron chi connectivity index (χ4n) is 6.24. The van der Waals surface area contributed by atoms with Crippen LogP contribution in [0, 0.1) is 6.92 Å². The van der Waals surface area contributed by atoms with Gasteiger partial charge in [0.15, 0.2) is 11.4 Å². The lowest BCUT2D eigenvalue weighted by Crippen LogP contribution is -2.21. The molecule has 0 radical (unpaired) electrons. The van der Waals surface area contributed by atoms with E-state index in [4.69, 9.17) is 4.55 Å². The fraction of sp³-hybridized carbons (Fsp3) is 0.0682. The van der Waals surface area contributed by atoms with E-state index in [9.17, 15) is 18.0 Å². The van der Waals surface area contributed by atoms with Crippen molar-refractivity contribution in [3.8, 4) is 22.5 Å². The van der Waals surface area contributed by atoms with Crippen molar-refractivity contribution in [2.24, 2.45) is 24.3 Å². The van der Waals surface area contributed by atoms with Gasteiger partial charge in [-0.3, -0.25) is 19.1 Å². The summed E-state index contributed by atoms with van der Waals surface area (Å²) in [7, 11) is 0.0417. The topological polar surface area (TPSA) is 168 Å². The molecule has 294 valence electrons. The van der Waals surface area contributed by atoms with E-state index in [1.54, 1.807) is 24.6 Å². The number of nitrogens with zero attached hydrogens (tertiary/aromatic N) is 7. The molecule has 3 N–H and O–H groups in total. The molecule has 8 aromatic rings. The number of nitrogens with one attached hydrogen (secondary N) is 2. The van der Waals surface area contributed by atoms with E-state index >= 15 is 0 Å². The number of fused-ring (bicyclic) bond motifs is 2. The minimum atomic E-state index is -4.02. The molecule has 59 heavy (non-hydrogen) atoms. The van der Waals surface area contributed by atoms with E-state index < -0.39 is 21.9 Å². The van der Waals surface area contributed by atoms with Gasteiger partial charge in [-0.2, -0.15) is 18.6 Å². The van der Waals surface area contributed by atoms with Gasteiger partial charge in [-0.1, -0.05) is 54.1 Å². The van der Waals surface area contributed by atoms with Crippen LogP contribution in [0.2, 0.25) is 0 Å². The number of pyridine rings is 3. The highest BCUT2D eigenvalue weighted by Crippen LogP contribution is 2.21. The zero-order valence-corrected chi connectivity index (χ0v) is 33.0. The van der Waals surface area contributed by atoms with Crippen LogP contribution in [0.25, 0.3) is 33.8 Å². The lowest BCUT2D eigenvalue weighted by Gasteiger charge is -2.03. The zero-order valence-electron chi connectivity index (χ0n) is 32.2. The Hall–Kier alpha value is -7.62. The summed E-state index contributed by atoms with van der Waals surface area (Å²) in [6.07, 6.45) is 14.1. The number of hydrogen-bond acceptors (Lipinski definition) is 7. The Balaban J connectivity index is 0.000000417. The summed E-state index contributed by atoms with van der Waals surface area (Å²) in [6, 6.07) is 35.3. The SMILES string of the molecule is Cc1ccc(S(=O)(=O)O)cc1.Cn1c(-c2ccc(/C=N/NC(=O)c3cncc(C(=O)N/N=C/c4ccc(-c5c[n+]6ccccc6n5C)cc4)c3)cc2)c[n+]2ccccc12. The second-order valence-electron chi connectivity index (χ2n) is 13.5. The molecule has 0 aliphatic heterocycles. The van der Waals surface area contributed by atoms with Crippen LogP contribution in [0.5, 0.6) is 0 Å². The molecule has 8 rings (SSSR count). The van der Waals surface area contributed by atoms with E-state index in [2.05, 4.69) is 68.5 Å². The van der Waals surface area contributed by atoms with Gasteiger partial charge in [0.25, 0.3) is 33.2 Å². The monoisotopic (exact) mass is 805 g/mol. The number of amides is 2. The Kier molecular flexibility index (Phi) is 11.6. The van der Waals surface area contributed by atoms with E-state index in [0.29, 0.717) is 0 Å². The van der Waals surface area contributed by atoms with Gasteiger partial charge >= 0.3 is 0 Å². The molecule has 0 atom stereocenters. The standard InChI is InChI=1S/C37H29N9O2.C7H8O3S/c1-43-32(24-45-17-5-3-7-34(43)45)28-13-9-26(10-14-28)20-39-41-36(47)30-19-31(23-38-22-30)37(48)42-40-21-27-11-15-29(16-12-27)33-25-46-18-6-4-8-35(46)44(33)2;1-6-2-4-7(5-3-6)11(8,9)10/h3-25H,1-2H3;2-5H,1H3,(H,8,9,10)/p+2/b39-20+,40-21+;. The highest BCUT2D eigenvalue weighted by Gasteiger charge is 2.17. The van der Waals surface area contributed by atoms with Crippen molar-refractivity contribution < 1.29 is 31.4 Å². The third-order valence-corrected chi connectivity index (χ3v) is 10.3. The Labute approximate surface area is 339 Å². The van der Waals surface area contributed by atoms with Gasteiger partial charge in [-0.15, -0.1) is 0 Å². The molecule has 0 aliphatic rings. The second kappa shape index (κ2) is 17.3. The minimum Gasteiger partial charge on any atom is -0.282 e. The lowest BCUT2D eigenvalue weighted by molar-refractivity contribution is -0.510. The first-order valence-corrected chi connectivity index (χ1v) is 19.7. The molecule has 3 aromatic carbocycles. The van der Waals surface area contributed by atoms with Crippen molar-refractivity contribution in [3.05, 3.63) is 180 Å². The number of benzene rings is 3. The van der Waals surface area contributed by atoms with Gasteiger partial charge in [0, 0.05) is 35.7 Å². The predicted octanol–water partition coefficient (Wildman–Crippen LogP) is 5.34. The lowest BCUT2D eigenvalue weighted by atomic mass is 10.1. The average Bonchev–Trinajstić information content (AvgIpc) is 3.77. The van der Waals surface area contributed by atoms with Gasteiger partial charge < -0.3 is 0 Å². The van der Waals surface area contributed by atoms with Crippen LogP contribution >= 0.6 is 0 Å². The highest BCUT2D eigenvalue weighted by molar-refractivity contribution is 7.85. The highest BCUT2D eigenvalue weighted by atomic mass is 32.2. The number of aromatic nitrogens is 5. The summed E-state index contributed by atoms with van der Waals surface area (Å²) < 4.78 is 38.0. The molecule has 5 aromatic heterocycles. The first kappa shape index (κ1) is 39.6. The molecule has 0 unspecified atom stereocenters. The van der Waals surface area contributed by atoms with Crippen LogP contribution < -0.4 is 19.7 Å². The number of carbonyl (C=O) groups excluding carboxylic acids is 2. The summed E-state index contributed by atoms with van der Waals surface area (Å²) in [6.45, 7) is 1.84. The third-order valence-electron chi connectivity index (χ3n) is 9.42. The van der Waals surface area contributed by atoms with E-state index in [-0.39, 0.29) is 16.0 Å². The number of carbonyl (C=O) groups is 2. The van der Waals surface area contributed by atoms with Crippen molar-refractivity contribution >= 4 is 45.7 Å². The number of rotatable bonds is 9. The van der Waals surface area contributed by atoms with Crippen molar-refractivity contribution in [1.82, 2.24) is 25.0 Å². The number of hydrogen-bond donors (Lipinski definition) is 3. The maximum atomic E-state index is 12.7. The molecule has 2 amide bonds. The van der Waals surface area contributed by atoms with Crippen LogP contribution in [-0.2, 0) is 24.2 Å². The van der Waals surface area contributed by atoms with Crippen LogP contribution in [0.4, 0.5) is 0 Å². The third kappa shape index (κ3) is 9.34. The first-order chi connectivity index (χ1) is 28.4. The van der Waals surface area contributed by atoms with Gasteiger partial charge in [-0.25, -0.2) is 28.8 Å². The molecule has 0 saturated carbocycles. The van der Waals surface area contributed by atoms with Crippen LogP contribution in [0.15, 0.2) is 168 Å². The van der Waals surface area contributed by atoms with Gasteiger partial charge in [0.05, 0.1) is 54.9 Å². The maximum absolute atomic E-state index is 12.7. The van der Waals surface area contributed by atoms with Crippen molar-refractivity contribution in [2.45, 2.75) is 11.8 Å².